The first-order chi connectivity index (χ1) is 44.6. The van der Waals surface area contributed by atoms with Crippen LogP contribution in [0.2, 0.25) is 0 Å². The van der Waals surface area contributed by atoms with Crippen molar-refractivity contribution >= 4 is 99.8 Å². The number of methoxy groups -OCH3 is 1. The molecule has 0 spiro atoms. The maximum absolute atomic E-state index is 5.15. The predicted molar refractivity (Wildman–Crippen MR) is 389 cm³/mol. The van der Waals surface area contributed by atoms with Gasteiger partial charge in [-0.1, -0.05) is 229 Å². The van der Waals surface area contributed by atoms with Crippen LogP contribution in [0, 0.1) is 5.92 Å². The Kier molecular flexibility index (Phi) is 15.6. The van der Waals surface area contributed by atoms with Crippen LogP contribution in [-0.4, -0.2) is 16.2 Å². The Morgan fingerprint density at radius 2 is 1.00 bits per heavy atom. The Hall–Kier alpha value is -10.9. The molecule has 0 bridgehead atoms. The lowest BCUT2D eigenvalue weighted by Gasteiger charge is -2.31. The van der Waals surface area contributed by atoms with E-state index in [9.17, 15) is 0 Å². The number of ether oxygens (including phenoxy) is 1. The zero-order valence-corrected chi connectivity index (χ0v) is 52.6. The van der Waals surface area contributed by atoms with Gasteiger partial charge in [0.1, 0.15) is 5.75 Å². The van der Waals surface area contributed by atoms with Crippen LogP contribution in [0.1, 0.15) is 63.6 Å². The quantitative estimate of drug-likeness (QED) is 0.129. The van der Waals surface area contributed by atoms with Crippen LogP contribution in [0.3, 0.4) is 0 Å². The van der Waals surface area contributed by atoms with Crippen LogP contribution in [0.15, 0.2) is 310 Å². The molecule has 0 fully saturated rings. The van der Waals surface area contributed by atoms with Crippen molar-refractivity contribution < 1.29 is 4.74 Å². The van der Waals surface area contributed by atoms with Gasteiger partial charge in [-0.2, -0.15) is 0 Å². The summed E-state index contributed by atoms with van der Waals surface area (Å²) in [4.78, 5) is 4.82. The number of para-hydroxylation sites is 6. The molecule has 0 saturated carbocycles. The largest absolute Gasteiger partial charge is 0.496 e. The second-order valence-corrected chi connectivity index (χ2v) is 24.6. The standard InChI is InChI=1S/C73H54N4.C10H12O.C3H8/c1-73(2)67-33-19-17-31-61(67)62-40-37-57(48-68(62)73)77-71-41-36-50(45-65(71)64-39-35-49-21-15-16-30-60(49)72(64)77)51-43-58(74(52-22-7-3-8-23-52)53-24-9-4-10-25-53)46-59(44-51)75(54-26-11-5-12-27-54)56-38-42-70-66(47-56)63-32-18-20-34-69(63)76(70)55-28-13-6-14-29-55;1-8(2)9-6-4-5-7-10(9)11-3;1-3-2/h3-48,62,68H,1-2H3;4-7H,1H2,2-3H3;3H2,1-2H3. The third-order valence-corrected chi connectivity index (χ3v) is 18.3. The molecule has 5 nitrogen and oxygen atoms in total. The highest BCUT2D eigenvalue weighted by Crippen LogP contribution is 2.55. The van der Waals surface area contributed by atoms with Gasteiger partial charge in [0.2, 0.25) is 0 Å². The maximum atomic E-state index is 5.15. The van der Waals surface area contributed by atoms with Gasteiger partial charge in [-0.3, -0.25) is 0 Å². The fourth-order valence-electron chi connectivity index (χ4n) is 14.1. The topological polar surface area (TPSA) is 25.6 Å². The van der Waals surface area contributed by atoms with E-state index < -0.39 is 0 Å². The molecule has 2 aliphatic rings. The van der Waals surface area contributed by atoms with Crippen molar-refractivity contribution in [2.45, 2.75) is 52.4 Å². The van der Waals surface area contributed by atoms with Crippen molar-refractivity contribution in [1.29, 1.82) is 0 Å². The highest BCUT2D eigenvalue weighted by Gasteiger charge is 2.45. The summed E-state index contributed by atoms with van der Waals surface area (Å²) in [5, 5.41) is 7.37. The Morgan fingerprint density at radius 3 is 1.66 bits per heavy atom. The molecule has 2 heterocycles. The van der Waals surface area contributed by atoms with E-state index in [2.05, 4.69) is 332 Å². The van der Waals surface area contributed by atoms with Gasteiger partial charge in [-0.15, -0.1) is 0 Å². The molecule has 2 aromatic heterocycles. The van der Waals surface area contributed by atoms with Crippen molar-refractivity contribution in [3.63, 3.8) is 0 Å². The maximum Gasteiger partial charge on any atom is 0.126 e. The molecule has 0 aliphatic heterocycles. The summed E-state index contributed by atoms with van der Waals surface area (Å²) in [6.45, 7) is 14.9. The van der Waals surface area contributed by atoms with Gasteiger partial charge >= 0.3 is 0 Å². The number of benzene rings is 12. The highest BCUT2D eigenvalue weighted by molar-refractivity contribution is 6.20. The lowest BCUT2D eigenvalue weighted by atomic mass is 9.74. The van der Waals surface area contributed by atoms with Crippen molar-refractivity contribution in [2.24, 2.45) is 5.92 Å². The molecule has 2 unspecified atom stereocenters. The van der Waals surface area contributed by atoms with Crippen molar-refractivity contribution in [2.75, 3.05) is 16.9 Å². The van der Waals surface area contributed by atoms with Gasteiger partial charge in [0.25, 0.3) is 0 Å². The van der Waals surface area contributed by atoms with Crippen LogP contribution in [-0.2, 0) is 5.41 Å². The van der Waals surface area contributed by atoms with E-state index in [1.165, 1.54) is 77.6 Å². The van der Waals surface area contributed by atoms with E-state index in [1.807, 2.05) is 31.2 Å². The second kappa shape index (κ2) is 24.6. The highest BCUT2D eigenvalue weighted by atomic mass is 16.5. The van der Waals surface area contributed by atoms with E-state index in [0.717, 1.165) is 67.8 Å². The van der Waals surface area contributed by atoms with Crippen molar-refractivity contribution in [3.05, 3.63) is 327 Å². The molecule has 444 valence electrons. The smallest absolute Gasteiger partial charge is 0.126 e. The number of fused-ring (bicyclic) bond motifs is 11. The average molecular weight is 1180 g/mol. The summed E-state index contributed by atoms with van der Waals surface area (Å²) in [7, 11) is 1.67. The first kappa shape index (κ1) is 57.8. The molecular weight excluding hydrogens is 1100 g/mol. The molecule has 0 amide bonds. The Labute approximate surface area is 535 Å². The van der Waals surface area contributed by atoms with Gasteiger partial charge < -0.3 is 23.7 Å². The average Bonchev–Trinajstić information content (AvgIpc) is 1.61. The summed E-state index contributed by atoms with van der Waals surface area (Å²) >= 11 is 0. The van der Waals surface area contributed by atoms with Gasteiger partial charge in [0.15, 0.2) is 0 Å². The number of aromatic nitrogens is 2. The minimum Gasteiger partial charge on any atom is -0.496 e. The van der Waals surface area contributed by atoms with E-state index >= 15 is 0 Å². The summed E-state index contributed by atoms with van der Waals surface area (Å²) in [6.07, 6.45) is 8.69. The monoisotopic (exact) mass is 1180 g/mol. The zero-order chi connectivity index (χ0) is 62.2. The van der Waals surface area contributed by atoms with Crippen molar-refractivity contribution in [3.8, 4) is 22.6 Å². The second-order valence-electron chi connectivity index (χ2n) is 24.6. The molecule has 0 radical (unpaired) electrons. The van der Waals surface area contributed by atoms with E-state index in [4.69, 9.17) is 4.74 Å². The third-order valence-electron chi connectivity index (χ3n) is 18.3. The third kappa shape index (κ3) is 10.6. The molecule has 14 aromatic rings. The number of rotatable bonds is 11. The molecule has 0 saturated heterocycles. The van der Waals surface area contributed by atoms with Crippen LogP contribution < -0.4 is 14.5 Å². The van der Waals surface area contributed by atoms with Crippen LogP contribution in [0.25, 0.3) is 82.5 Å². The predicted octanol–water partition coefficient (Wildman–Crippen LogP) is 23.9. The van der Waals surface area contributed by atoms with Gasteiger partial charge in [0, 0.05) is 83.9 Å². The van der Waals surface area contributed by atoms with Crippen LogP contribution in [0.5, 0.6) is 5.75 Å². The number of nitrogens with zero attached hydrogens (tertiary/aromatic N) is 4. The van der Waals surface area contributed by atoms with Crippen LogP contribution in [0.4, 0.5) is 34.1 Å². The zero-order valence-electron chi connectivity index (χ0n) is 52.6. The number of hydrogen-bond acceptors (Lipinski definition) is 3. The van der Waals surface area contributed by atoms with Gasteiger partial charge in [-0.25, -0.2) is 0 Å². The molecule has 91 heavy (non-hydrogen) atoms. The fourth-order valence-corrected chi connectivity index (χ4v) is 14.1. The van der Waals surface area contributed by atoms with Gasteiger partial charge in [-0.05, 0) is 167 Å². The number of allylic oxidation sites excluding steroid dienone is 5. The Balaban J connectivity index is 0.000000462. The lowest BCUT2D eigenvalue weighted by Crippen LogP contribution is -2.25. The van der Waals surface area contributed by atoms with E-state index in [-0.39, 0.29) is 5.41 Å². The summed E-state index contributed by atoms with van der Waals surface area (Å²) in [5.74, 6) is 1.57. The Bertz CT molecular complexity index is 5010. The normalized spacial score (nSPS) is 14.5. The Morgan fingerprint density at radius 1 is 0.462 bits per heavy atom. The fraction of sp³-hybridized carbons (Fsp3) is 0.116. The summed E-state index contributed by atoms with van der Waals surface area (Å²) in [6, 6.07) is 104. The molecule has 16 rings (SSSR count). The summed E-state index contributed by atoms with van der Waals surface area (Å²) in [5.41, 5.74) is 20.8. The minimum absolute atomic E-state index is 0.0121. The first-order valence-corrected chi connectivity index (χ1v) is 31.9. The molecule has 12 aromatic carbocycles. The first-order valence-electron chi connectivity index (χ1n) is 31.9. The van der Waals surface area contributed by atoms with E-state index in [0.29, 0.717) is 11.8 Å². The molecule has 0 N–H and O–H groups in total. The van der Waals surface area contributed by atoms with E-state index in [1.54, 1.807) is 7.11 Å². The molecular formula is C86H74N4O. The molecule has 2 aliphatic carbocycles. The number of hydrogen-bond donors (Lipinski definition) is 0. The van der Waals surface area contributed by atoms with Crippen molar-refractivity contribution in [1.82, 2.24) is 9.13 Å². The molecule has 5 heteroatoms. The van der Waals surface area contributed by atoms with Crippen LogP contribution >= 0.6 is 0 Å². The summed E-state index contributed by atoms with van der Waals surface area (Å²) < 4.78 is 10.1. The molecule has 2 atom stereocenters. The lowest BCUT2D eigenvalue weighted by molar-refractivity contribution is 0.394. The number of anilines is 6. The SMILES string of the molecule is C=C(C)c1ccccc1OC.CC1(C)c2ccccc2C2C=CC(n3c4ccc(-c5cc(N(c6ccccc6)c6ccccc6)cc(N(c6ccccc6)c6ccc7c(c6)c6ccccc6n7-c6ccccc6)c5)cc4c4ccc5ccccc5c43)=CC21.CCC. The van der Waals surface area contributed by atoms with Gasteiger partial charge in [0.05, 0.1) is 29.2 Å². The minimum atomic E-state index is -0.0121.